The van der Waals surface area contributed by atoms with Crippen molar-refractivity contribution in [3.63, 3.8) is 0 Å². The van der Waals surface area contributed by atoms with E-state index in [2.05, 4.69) is 10.1 Å². The van der Waals surface area contributed by atoms with Gasteiger partial charge in [-0.15, -0.1) is 11.3 Å². The highest BCUT2D eigenvalue weighted by Crippen LogP contribution is 2.22. The smallest absolute Gasteiger partial charge is 0.211 e. The number of hydrogen-bond donors (Lipinski definition) is 1. The first-order valence-electron chi connectivity index (χ1n) is 8.35. The minimum Gasteiger partial charge on any atom is -0.507 e. The van der Waals surface area contributed by atoms with E-state index in [4.69, 9.17) is 4.74 Å². The Morgan fingerprint density at radius 1 is 1.15 bits per heavy atom. The van der Waals surface area contributed by atoms with Crippen LogP contribution in [-0.4, -0.2) is 22.6 Å². The van der Waals surface area contributed by atoms with E-state index < -0.39 is 0 Å². The van der Waals surface area contributed by atoms with Gasteiger partial charge in [0.2, 0.25) is 4.80 Å². The lowest BCUT2D eigenvalue weighted by molar-refractivity contribution is 0.337. The second-order valence-corrected chi connectivity index (χ2v) is 6.65. The Hall–Kier alpha value is -2.86. The van der Waals surface area contributed by atoms with Crippen molar-refractivity contribution in [1.29, 1.82) is 0 Å². The Balaban J connectivity index is 1.92. The van der Waals surface area contributed by atoms with E-state index in [9.17, 15) is 5.11 Å². The van der Waals surface area contributed by atoms with Gasteiger partial charge < -0.3 is 9.84 Å². The van der Waals surface area contributed by atoms with Crippen LogP contribution in [0.3, 0.4) is 0 Å². The molecule has 0 spiro atoms. The maximum Gasteiger partial charge on any atom is 0.211 e. The van der Waals surface area contributed by atoms with Gasteiger partial charge in [0, 0.05) is 17.0 Å². The number of nitrogens with zero attached hydrogens (tertiary/aromatic N) is 3. The fraction of sp³-hybridized carbons (Fsp3) is 0.200. The zero-order valence-electron chi connectivity index (χ0n) is 15.0. The predicted molar refractivity (Wildman–Crippen MR) is 106 cm³/mol. The Kier molecular flexibility index (Phi) is 5.53. The third-order valence-corrected chi connectivity index (χ3v) is 4.67. The summed E-state index contributed by atoms with van der Waals surface area (Å²) in [7, 11) is 0. The minimum absolute atomic E-state index is 0.130. The lowest BCUT2D eigenvalue weighted by Crippen LogP contribution is -2.11. The molecule has 0 amide bonds. The summed E-state index contributed by atoms with van der Waals surface area (Å²) in [6, 6.07) is 13.2. The molecule has 2 aromatic carbocycles. The molecule has 134 valence electrons. The Labute approximate surface area is 156 Å². The molecular weight excluding hydrogens is 346 g/mol. The summed E-state index contributed by atoms with van der Waals surface area (Å²) >= 11 is 1.52. The summed E-state index contributed by atoms with van der Waals surface area (Å²) in [5, 5.41) is 16.6. The monoisotopic (exact) mass is 367 g/mol. The molecular formula is C20H21N3O2S. The number of ether oxygens (including phenoxy) is 1. The molecule has 0 atom stereocenters. The molecule has 0 radical (unpaired) electrons. The van der Waals surface area contributed by atoms with E-state index in [1.165, 1.54) is 16.9 Å². The first-order chi connectivity index (χ1) is 12.6. The summed E-state index contributed by atoms with van der Waals surface area (Å²) < 4.78 is 7.15. The fourth-order valence-electron chi connectivity index (χ4n) is 2.34. The molecule has 0 aliphatic rings. The number of phenolic OH excluding ortho intramolecular Hbond substituents is 1. The van der Waals surface area contributed by atoms with Crippen LogP contribution in [0, 0.1) is 13.8 Å². The fourth-order valence-corrected chi connectivity index (χ4v) is 3.17. The summed E-state index contributed by atoms with van der Waals surface area (Å²) in [5.74, 6) is 0.766. The van der Waals surface area contributed by atoms with E-state index >= 15 is 0 Å². The molecule has 0 aliphatic heterocycles. The quantitative estimate of drug-likeness (QED) is 0.680. The van der Waals surface area contributed by atoms with Crippen LogP contribution in [0.25, 0.3) is 0 Å². The van der Waals surface area contributed by atoms with Gasteiger partial charge in [-0.2, -0.15) is 5.10 Å². The predicted octanol–water partition coefficient (Wildman–Crippen LogP) is 4.39. The van der Waals surface area contributed by atoms with Crippen molar-refractivity contribution in [3.05, 3.63) is 69.5 Å². The van der Waals surface area contributed by atoms with Crippen molar-refractivity contribution < 1.29 is 9.84 Å². The molecule has 3 aromatic rings. The van der Waals surface area contributed by atoms with Crippen molar-refractivity contribution >= 4 is 23.2 Å². The van der Waals surface area contributed by atoms with Crippen LogP contribution < -0.4 is 9.54 Å². The molecule has 26 heavy (non-hydrogen) atoms. The van der Waals surface area contributed by atoms with E-state index in [0.29, 0.717) is 17.9 Å². The summed E-state index contributed by atoms with van der Waals surface area (Å²) in [6.07, 6.45) is 1.62. The van der Waals surface area contributed by atoms with Gasteiger partial charge in [0.15, 0.2) is 0 Å². The van der Waals surface area contributed by atoms with Gasteiger partial charge in [-0.05, 0) is 45.0 Å². The van der Waals surface area contributed by atoms with Gasteiger partial charge >= 0.3 is 0 Å². The molecule has 0 saturated carbocycles. The summed E-state index contributed by atoms with van der Waals surface area (Å²) in [5.41, 5.74) is 3.67. The molecule has 0 unspecified atom stereocenters. The third-order valence-electron chi connectivity index (χ3n) is 3.73. The number of rotatable bonds is 5. The Morgan fingerprint density at radius 3 is 2.62 bits per heavy atom. The zero-order chi connectivity index (χ0) is 18.5. The number of phenols is 1. The molecule has 0 fully saturated rings. The van der Waals surface area contributed by atoms with Gasteiger partial charge in [0.25, 0.3) is 0 Å². The number of benzene rings is 2. The summed E-state index contributed by atoms with van der Waals surface area (Å²) in [4.78, 5) is 5.43. The largest absolute Gasteiger partial charge is 0.507 e. The van der Waals surface area contributed by atoms with Crippen molar-refractivity contribution in [2.24, 2.45) is 10.1 Å². The lowest BCUT2D eigenvalue weighted by atomic mass is 10.2. The standard InChI is InChI=1S/C20H21N3O2S/c1-4-25-18-10-7-16(19(24)11-18)12-21-23-15(3)13-26-20(23)22-17-8-5-14(2)6-9-17/h5-13,24H,4H2,1-3H3/b21-12+,22-20?. The van der Waals surface area contributed by atoms with Crippen LogP contribution in [0.2, 0.25) is 0 Å². The van der Waals surface area contributed by atoms with E-state index in [0.717, 1.165) is 16.2 Å². The molecule has 5 nitrogen and oxygen atoms in total. The number of aromatic hydroxyl groups is 1. The molecule has 0 saturated heterocycles. The van der Waals surface area contributed by atoms with Crippen molar-refractivity contribution in [2.45, 2.75) is 20.8 Å². The minimum atomic E-state index is 0.130. The highest BCUT2D eigenvalue weighted by molar-refractivity contribution is 7.07. The molecule has 3 rings (SSSR count). The van der Waals surface area contributed by atoms with Crippen LogP contribution in [0.4, 0.5) is 5.69 Å². The average Bonchev–Trinajstić information content (AvgIpc) is 2.96. The van der Waals surface area contributed by atoms with Gasteiger partial charge in [-0.1, -0.05) is 17.7 Å². The molecule has 0 aliphatic carbocycles. The molecule has 1 N–H and O–H groups in total. The second kappa shape index (κ2) is 8.01. The first-order valence-corrected chi connectivity index (χ1v) is 9.23. The van der Waals surface area contributed by atoms with E-state index in [1.54, 1.807) is 23.0 Å². The van der Waals surface area contributed by atoms with Gasteiger partial charge in [0.1, 0.15) is 11.5 Å². The maximum absolute atomic E-state index is 10.1. The van der Waals surface area contributed by atoms with Gasteiger partial charge in [-0.3, -0.25) is 0 Å². The Morgan fingerprint density at radius 2 is 1.92 bits per heavy atom. The highest BCUT2D eigenvalue weighted by atomic mass is 32.1. The number of aromatic nitrogens is 1. The molecule has 6 heteroatoms. The zero-order valence-corrected chi connectivity index (χ0v) is 15.8. The van der Waals surface area contributed by atoms with Crippen molar-refractivity contribution in [3.8, 4) is 11.5 Å². The van der Waals surface area contributed by atoms with Crippen LogP contribution in [0.15, 0.2) is 57.9 Å². The summed E-state index contributed by atoms with van der Waals surface area (Å²) in [6.45, 7) is 6.48. The number of aryl methyl sites for hydroxylation is 2. The normalized spacial score (nSPS) is 12.0. The topological polar surface area (TPSA) is 59.1 Å². The molecule has 0 bridgehead atoms. The SMILES string of the molecule is CCOc1ccc(/C=N/n2c(C)csc2=Nc2ccc(C)cc2)c(O)c1. The second-order valence-electron chi connectivity index (χ2n) is 5.82. The van der Waals surface area contributed by atoms with E-state index in [-0.39, 0.29) is 5.75 Å². The van der Waals surface area contributed by atoms with Crippen molar-refractivity contribution in [2.75, 3.05) is 6.61 Å². The third kappa shape index (κ3) is 4.21. The van der Waals surface area contributed by atoms with Crippen LogP contribution in [0.5, 0.6) is 11.5 Å². The number of thiazole rings is 1. The van der Waals surface area contributed by atoms with Crippen LogP contribution >= 0.6 is 11.3 Å². The van der Waals surface area contributed by atoms with Crippen LogP contribution in [0.1, 0.15) is 23.7 Å². The van der Waals surface area contributed by atoms with E-state index in [1.807, 2.05) is 56.5 Å². The number of hydrogen-bond acceptors (Lipinski definition) is 5. The molecule has 1 aromatic heterocycles. The van der Waals surface area contributed by atoms with Crippen molar-refractivity contribution in [1.82, 2.24) is 4.68 Å². The molecule has 1 heterocycles. The van der Waals surface area contributed by atoms with Gasteiger partial charge in [-0.25, -0.2) is 9.67 Å². The maximum atomic E-state index is 10.1. The van der Waals surface area contributed by atoms with Gasteiger partial charge in [0.05, 0.1) is 24.2 Å². The first kappa shape index (κ1) is 17.9. The lowest BCUT2D eigenvalue weighted by Gasteiger charge is -2.05. The highest BCUT2D eigenvalue weighted by Gasteiger charge is 2.03. The van der Waals surface area contributed by atoms with Crippen LogP contribution in [-0.2, 0) is 0 Å². The Bertz CT molecular complexity index is 985. The average molecular weight is 367 g/mol.